The molecule has 4 bridgehead atoms. The Labute approximate surface area is 160 Å². The van der Waals surface area contributed by atoms with Crippen LogP contribution >= 0.6 is 0 Å². The van der Waals surface area contributed by atoms with Crippen molar-refractivity contribution in [1.82, 2.24) is 14.9 Å². The number of piperidine rings is 3. The Balaban J connectivity index is 1.40. The van der Waals surface area contributed by atoms with Gasteiger partial charge < -0.3 is 16.0 Å². The number of hydrogen-bond acceptors (Lipinski definition) is 5. The van der Waals surface area contributed by atoms with E-state index in [1.807, 2.05) is 0 Å². The van der Waals surface area contributed by atoms with E-state index in [4.69, 9.17) is 10.7 Å². The highest BCUT2D eigenvalue weighted by Crippen LogP contribution is 2.45. The number of hydrogen-bond donors (Lipinski definition) is 2. The number of rotatable bonds is 2. The van der Waals surface area contributed by atoms with Gasteiger partial charge in [-0.2, -0.15) is 4.98 Å². The minimum absolute atomic E-state index is 0.389. The van der Waals surface area contributed by atoms with E-state index in [9.17, 15) is 0 Å². The van der Waals surface area contributed by atoms with E-state index >= 15 is 0 Å². The molecular formula is C22H27N5. The Morgan fingerprint density at radius 3 is 2.63 bits per heavy atom. The number of fused-ring (bicyclic) bond motifs is 3. The van der Waals surface area contributed by atoms with Crippen LogP contribution in [0.1, 0.15) is 30.4 Å². The van der Waals surface area contributed by atoms with Crippen molar-refractivity contribution in [3.05, 3.63) is 35.4 Å². The van der Waals surface area contributed by atoms with Crippen molar-refractivity contribution < 1.29 is 0 Å². The van der Waals surface area contributed by atoms with Gasteiger partial charge in [0.2, 0.25) is 5.95 Å². The normalized spacial score (nSPS) is 33.3. The Kier molecular flexibility index (Phi) is 3.49. The number of nitrogens with zero attached hydrogens (tertiary/aromatic N) is 3. The molecule has 0 spiro atoms. The lowest BCUT2D eigenvalue weighted by Gasteiger charge is -2.56. The topological polar surface area (TPSA) is 67.1 Å². The molecule has 5 nitrogen and oxygen atoms in total. The zero-order valence-corrected chi connectivity index (χ0v) is 15.7. The molecule has 3 saturated heterocycles. The molecule has 2 aliphatic carbocycles. The van der Waals surface area contributed by atoms with Gasteiger partial charge in [-0.15, -0.1) is 0 Å². The van der Waals surface area contributed by atoms with Crippen molar-refractivity contribution >= 4 is 11.8 Å². The van der Waals surface area contributed by atoms with Crippen molar-refractivity contribution in [3.8, 4) is 11.3 Å². The van der Waals surface area contributed by atoms with E-state index in [0.29, 0.717) is 12.0 Å². The van der Waals surface area contributed by atoms with Crippen LogP contribution < -0.4 is 11.1 Å². The first kappa shape index (κ1) is 15.9. The Hall–Kier alpha value is -2.14. The molecule has 4 fully saturated rings. The zero-order chi connectivity index (χ0) is 18.0. The molecule has 3 aliphatic heterocycles. The number of aromatic nitrogens is 2. The van der Waals surface area contributed by atoms with Gasteiger partial charge in [-0.05, 0) is 55.4 Å². The van der Waals surface area contributed by atoms with Crippen molar-refractivity contribution in [2.45, 2.75) is 38.1 Å². The third-order valence-corrected chi connectivity index (χ3v) is 7.26. The Morgan fingerprint density at radius 1 is 1.00 bits per heavy atom. The SMILES string of the molecule is Nc1nc(NC2C3CC4CC2CN(C4)C3)c2c(n1)-c1ccccc1CCC2. The van der Waals surface area contributed by atoms with Gasteiger partial charge >= 0.3 is 0 Å². The lowest BCUT2D eigenvalue weighted by atomic mass is 9.65. The van der Waals surface area contributed by atoms with E-state index < -0.39 is 0 Å². The molecule has 7 rings (SSSR count). The third kappa shape index (κ3) is 2.55. The molecule has 1 aromatic carbocycles. The van der Waals surface area contributed by atoms with Crippen LogP contribution in [0.3, 0.4) is 0 Å². The van der Waals surface area contributed by atoms with Crippen LogP contribution in [0.2, 0.25) is 0 Å². The van der Waals surface area contributed by atoms with Crippen LogP contribution in [0.4, 0.5) is 11.8 Å². The van der Waals surface area contributed by atoms with Gasteiger partial charge in [0.05, 0.1) is 5.69 Å². The number of nitrogens with two attached hydrogens (primary N) is 1. The summed E-state index contributed by atoms with van der Waals surface area (Å²) < 4.78 is 0. The highest BCUT2D eigenvalue weighted by atomic mass is 15.2. The molecule has 2 atom stereocenters. The molecule has 4 heterocycles. The van der Waals surface area contributed by atoms with Gasteiger partial charge in [0, 0.05) is 36.8 Å². The summed E-state index contributed by atoms with van der Waals surface area (Å²) in [6.45, 7) is 3.82. The molecule has 2 unspecified atom stereocenters. The first-order chi connectivity index (χ1) is 13.2. The summed E-state index contributed by atoms with van der Waals surface area (Å²) >= 11 is 0. The molecule has 2 aromatic rings. The second-order valence-electron chi connectivity index (χ2n) is 9.01. The van der Waals surface area contributed by atoms with E-state index in [0.717, 1.165) is 48.5 Å². The number of benzene rings is 1. The van der Waals surface area contributed by atoms with Gasteiger partial charge in [-0.3, -0.25) is 0 Å². The first-order valence-corrected chi connectivity index (χ1v) is 10.5. The second-order valence-corrected chi connectivity index (χ2v) is 9.01. The van der Waals surface area contributed by atoms with E-state index in [-0.39, 0.29) is 0 Å². The van der Waals surface area contributed by atoms with Crippen LogP contribution in [0.25, 0.3) is 11.3 Å². The average Bonchev–Trinajstić information content (AvgIpc) is 2.84. The quantitative estimate of drug-likeness (QED) is 0.861. The summed E-state index contributed by atoms with van der Waals surface area (Å²) in [6, 6.07) is 9.17. The molecule has 5 aliphatic rings. The molecule has 140 valence electrons. The lowest BCUT2D eigenvalue weighted by Crippen LogP contribution is -2.62. The van der Waals surface area contributed by atoms with Crippen LogP contribution in [-0.4, -0.2) is 40.5 Å². The predicted molar refractivity (Wildman–Crippen MR) is 107 cm³/mol. The van der Waals surface area contributed by atoms with Gasteiger partial charge in [0.25, 0.3) is 0 Å². The summed E-state index contributed by atoms with van der Waals surface area (Å²) in [4.78, 5) is 12.1. The minimum Gasteiger partial charge on any atom is -0.368 e. The standard InChI is InChI=1S/C22H27N5/c23-22-25-20-17-6-2-1-4-14(17)5-3-7-18(20)21(26-22)24-19-15-8-13-9-16(19)12-27(10-13)11-15/h1-2,4,6,13,15-16,19H,3,5,7-12H2,(H3,23,24,25,26). The van der Waals surface area contributed by atoms with Crippen molar-refractivity contribution in [1.29, 1.82) is 0 Å². The zero-order valence-electron chi connectivity index (χ0n) is 15.7. The molecule has 3 N–H and O–H groups in total. The lowest BCUT2D eigenvalue weighted by molar-refractivity contribution is -0.0270. The van der Waals surface area contributed by atoms with Crippen LogP contribution in [-0.2, 0) is 12.8 Å². The maximum atomic E-state index is 6.17. The summed E-state index contributed by atoms with van der Waals surface area (Å²) in [5.74, 6) is 3.81. The van der Waals surface area contributed by atoms with Crippen molar-refractivity contribution in [3.63, 3.8) is 0 Å². The summed E-state index contributed by atoms with van der Waals surface area (Å²) in [5, 5.41) is 3.89. The molecule has 5 heteroatoms. The highest BCUT2D eigenvalue weighted by molar-refractivity contribution is 5.73. The summed E-state index contributed by atoms with van der Waals surface area (Å²) in [5.41, 5.74) is 11.1. The first-order valence-electron chi connectivity index (χ1n) is 10.5. The Bertz CT molecular complexity index is 864. The maximum Gasteiger partial charge on any atom is 0.222 e. The third-order valence-electron chi connectivity index (χ3n) is 7.26. The van der Waals surface area contributed by atoms with E-state index in [2.05, 4.69) is 39.5 Å². The molecule has 1 saturated carbocycles. The highest BCUT2D eigenvalue weighted by Gasteiger charge is 2.47. The van der Waals surface area contributed by atoms with Crippen LogP contribution in [0.5, 0.6) is 0 Å². The summed E-state index contributed by atoms with van der Waals surface area (Å²) in [7, 11) is 0. The molecule has 0 amide bonds. The number of aryl methyl sites for hydroxylation is 1. The van der Waals surface area contributed by atoms with Gasteiger partial charge in [0.15, 0.2) is 0 Å². The average molecular weight is 361 g/mol. The van der Waals surface area contributed by atoms with Gasteiger partial charge in [-0.25, -0.2) is 4.98 Å². The molecule has 27 heavy (non-hydrogen) atoms. The smallest absolute Gasteiger partial charge is 0.222 e. The van der Waals surface area contributed by atoms with Crippen LogP contribution in [0, 0.1) is 17.8 Å². The number of nitrogens with one attached hydrogen (secondary N) is 1. The van der Waals surface area contributed by atoms with E-state index in [1.54, 1.807) is 0 Å². The van der Waals surface area contributed by atoms with Gasteiger partial charge in [-0.1, -0.05) is 24.3 Å². The van der Waals surface area contributed by atoms with Crippen molar-refractivity contribution in [2.24, 2.45) is 17.8 Å². The number of anilines is 2. The second kappa shape index (κ2) is 5.93. The predicted octanol–water partition coefficient (Wildman–Crippen LogP) is 2.97. The summed E-state index contributed by atoms with van der Waals surface area (Å²) in [6.07, 6.45) is 5.99. The Morgan fingerprint density at radius 2 is 1.81 bits per heavy atom. The fraction of sp³-hybridized carbons (Fsp3) is 0.545. The molecule has 0 radical (unpaired) electrons. The van der Waals surface area contributed by atoms with Crippen LogP contribution in [0.15, 0.2) is 24.3 Å². The van der Waals surface area contributed by atoms with Crippen molar-refractivity contribution in [2.75, 3.05) is 30.7 Å². The number of nitrogen functional groups attached to an aromatic ring is 1. The largest absolute Gasteiger partial charge is 0.368 e. The van der Waals surface area contributed by atoms with Gasteiger partial charge in [0.1, 0.15) is 5.82 Å². The molecular weight excluding hydrogens is 334 g/mol. The fourth-order valence-corrected chi connectivity index (χ4v) is 6.31. The van der Waals surface area contributed by atoms with E-state index in [1.165, 1.54) is 49.2 Å². The maximum absolute atomic E-state index is 6.17. The minimum atomic E-state index is 0.389. The molecule has 1 aromatic heterocycles. The monoisotopic (exact) mass is 361 g/mol. The fourth-order valence-electron chi connectivity index (χ4n) is 6.31.